The first-order chi connectivity index (χ1) is 37.3. The Morgan fingerprint density at radius 1 is 0.873 bits per heavy atom. The van der Waals surface area contributed by atoms with Crippen LogP contribution in [0.2, 0.25) is 0 Å². The fraction of sp³-hybridized carbons (Fsp3) is 0.656. The molecule has 1 aromatic carbocycles. The number of methoxy groups -OCH3 is 3. The van der Waals surface area contributed by atoms with Crippen LogP contribution < -0.4 is 0 Å². The van der Waals surface area contributed by atoms with Crippen LogP contribution in [0, 0.1) is 35.5 Å². The SMILES string of the molecule is C=C1[C@H](C)C[C@H](C)/C=C/C=C/C=C(\C)[C@@H](OC)C[C@@H]2CC[C@@H](C)[C@@](O)(O2)C(=O)C(=O)N2CCCC[C@H]2C(=O)O[C@H]([C@H](C)C[C@@H]2CC[C@@H](OC(=O)CS(=O)(=O)Cc3ccc(O)cc3)[C@H](OC)C2)CC(=O)[C@H](C)/C=C(\C)[C@@H](O)[C@H]1OC. The number of phenolic OH excluding ortho intramolecular Hbond substituents is 1. The van der Waals surface area contributed by atoms with E-state index in [-0.39, 0.29) is 48.7 Å². The van der Waals surface area contributed by atoms with E-state index in [4.69, 9.17) is 28.4 Å². The average Bonchev–Trinajstić information content (AvgIpc) is 3.52. The maximum absolute atomic E-state index is 14.6. The number of phenols is 1. The average molecular weight is 1120 g/mol. The van der Waals surface area contributed by atoms with Crippen molar-refractivity contribution in [3.05, 3.63) is 89.6 Å². The Bertz CT molecular complexity index is 2500. The molecule has 3 fully saturated rings. The van der Waals surface area contributed by atoms with Crippen molar-refractivity contribution in [2.45, 2.75) is 186 Å². The number of aliphatic hydroxyl groups is 2. The van der Waals surface area contributed by atoms with Gasteiger partial charge in [-0.25, -0.2) is 13.2 Å². The normalized spacial score (nSPS) is 35.4. The number of carbonyl (C=O) groups excluding carboxylic acids is 5. The Labute approximate surface area is 468 Å². The lowest BCUT2D eigenvalue weighted by Crippen LogP contribution is -2.61. The topological polar surface area (TPSA) is 239 Å². The largest absolute Gasteiger partial charge is 0.508 e. The first-order valence-corrected chi connectivity index (χ1v) is 29.9. The number of cyclic esters (lactones) is 1. The molecule has 17 nitrogen and oxygen atoms in total. The molecule has 4 aliphatic rings. The number of fused-ring (bicyclic) bond motifs is 3. The van der Waals surface area contributed by atoms with Gasteiger partial charge >= 0.3 is 11.9 Å². The van der Waals surface area contributed by atoms with Gasteiger partial charge in [0.15, 0.2) is 9.84 Å². The van der Waals surface area contributed by atoms with Crippen LogP contribution in [0.3, 0.4) is 0 Å². The van der Waals surface area contributed by atoms with Crippen molar-refractivity contribution in [2.24, 2.45) is 35.5 Å². The van der Waals surface area contributed by atoms with E-state index in [1.807, 2.05) is 45.1 Å². The number of sulfone groups is 1. The van der Waals surface area contributed by atoms with E-state index >= 15 is 0 Å². The van der Waals surface area contributed by atoms with Crippen molar-refractivity contribution >= 4 is 39.2 Å². The smallest absolute Gasteiger partial charge is 0.329 e. The number of amides is 1. The molecule has 1 aliphatic carbocycles. The van der Waals surface area contributed by atoms with Gasteiger partial charge in [0.25, 0.3) is 11.7 Å². The molecular weight excluding hydrogens is 1030 g/mol. The predicted molar refractivity (Wildman–Crippen MR) is 299 cm³/mol. The summed E-state index contributed by atoms with van der Waals surface area (Å²) in [5, 5.41) is 33.3. The Balaban J connectivity index is 1.41. The number of nitrogens with zero attached hydrogens (tertiary/aromatic N) is 1. The number of hydrogen-bond acceptors (Lipinski definition) is 16. The quantitative estimate of drug-likeness (QED) is 0.108. The lowest BCUT2D eigenvalue weighted by atomic mass is 9.78. The summed E-state index contributed by atoms with van der Waals surface area (Å²) in [4.78, 5) is 72.1. The Kier molecular flexibility index (Phi) is 24.5. The molecular formula is C61H89NO16S. The minimum absolute atomic E-state index is 0.0151. The number of ketones is 2. The molecule has 1 aromatic rings. The summed E-state index contributed by atoms with van der Waals surface area (Å²) < 4.78 is 61.7. The van der Waals surface area contributed by atoms with Crippen LogP contribution >= 0.6 is 0 Å². The Hall–Kier alpha value is -4.82. The minimum Gasteiger partial charge on any atom is -0.508 e. The highest BCUT2D eigenvalue weighted by atomic mass is 32.2. The number of aromatic hydroxyl groups is 1. The molecule has 15 atom stereocenters. The van der Waals surface area contributed by atoms with Crippen LogP contribution in [-0.2, 0) is 68.0 Å². The highest BCUT2D eigenvalue weighted by Crippen LogP contribution is 2.38. The fourth-order valence-electron chi connectivity index (χ4n) is 11.6. The lowest BCUT2D eigenvalue weighted by Gasteiger charge is -2.42. The van der Waals surface area contributed by atoms with E-state index in [2.05, 4.69) is 19.6 Å². The standard InChI is InChI=1S/C61H89NO16S/c1-37-17-13-12-14-18-38(2)52(73-9)33-48-26-20-43(7)61(70,78-48)58(67)59(68)62-28-16-15-19-49(62)60(69)77-53(34-50(64)40(4)30-42(6)56(66)57(75-11)44(8)39(3)29-37)41(5)31-46-23-27-51(54(32-46)74-10)76-55(65)36-79(71,72)35-45-21-24-47(63)25-22-45/h12-14,17-18,21-22,24-25,30,37,39-41,43,46,48-49,51-54,56-57,63,66,70H,8,15-16,19-20,23,26-29,31-36H2,1-7,9-11H3/b14-12+,17-13+,38-18+,42-30+/t37-,39-,40-,41-,43-,46+,48+,49+,51-,52+,53+,54-,56-,57+,61-/m1/s1. The van der Waals surface area contributed by atoms with E-state index in [1.54, 1.807) is 34.0 Å². The van der Waals surface area contributed by atoms with E-state index < -0.39 is 117 Å². The second-order valence-corrected chi connectivity index (χ2v) is 25.0. The van der Waals surface area contributed by atoms with Crippen LogP contribution in [-0.4, -0.2) is 146 Å². The first-order valence-electron chi connectivity index (χ1n) is 28.1. The summed E-state index contributed by atoms with van der Waals surface area (Å²) in [5.74, 6) is -9.89. The third-order valence-electron chi connectivity index (χ3n) is 16.6. The predicted octanol–water partition coefficient (Wildman–Crippen LogP) is 8.04. The molecule has 3 heterocycles. The molecule has 1 amide bonds. The molecule has 0 unspecified atom stereocenters. The summed E-state index contributed by atoms with van der Waals surface area (Å²) in [5.41, 5.74) is 2.49. The summed E-state index contributed by atoms with van der Waals surface area (Å²) in [7, 11) is 0.664. The highest BCUT2D eigenvalue weighted by molar-refractivity contribution is 7.91. The number of rotatable bonds is 11. The summed E-state index contributed by atoms with van der Waals surface area (Å²) in [6.45, 7) is 17.4. The number of benzene rings is 1. The number of aliphatic hydroxyl groups excluding tert-OH is 1. The molecule has 2 saturated heterocycles. The summed E-state index contributed by atoms with van der Waals surface area (Å²) in [6.07, 6.45) is 10.8. The maximum atomic E-state index is 14.6. The number of carbonyl (C=O) groups is 5. The van der Waals surface area contributed by atoms with Gasteiger partial charge in [-0.1, -0.05) is 89.8 Å². The van der Waals surface area contributed by atoms with Gasteiger partial charge in [0, 0.05) is 52.6 Å². The van der Waals surface area contributed by atoms with Crippen molar-refractivity contribution in [3.8, 4) is 5.75 Å². The molecule has 0 spiro atoms. The monoisotopic (exact) mass is 1120 g/mol. The van der Waals surface area contributed by atoms with Gasteiger partial charge in [0.1, 0.15) is 47.7 Å². The minimum atomic E-state index is -3.91. The third kappa shape index (κ3) is 18.1. The summed E-state index contributed by atoms with van der Waals surface area (Å²) >= 11 is 0. The van der Waals surface area contributed by atoms with Gasteiger partial charge in [-0.15, -0.1) is 0 Å². The zero-order valence-corrected chi connectivity index (χ0v) is 49.0. The number of Topliss-reactive ketones (excluding diaryl/α,β-unsaturated/α-hetero) is 2. The maximum Gasteiger partial charge on any atom is 0.329 e. The van der Waals surface area contributed by atoms with E-state index in [0.29, 0.717) is 74.5 Å². The molecule has 1 saturated carbocycles. The molecule has 440 valence electrons. The van der Waals surface area contributed by atoms with E-state index in [0.717, 1.165) is 12.0 Å². The number of ether oxygens (including phenoxy) is 6. The van der Waals surface area contributed by atoms with Crippen molar-refractivity contribution in [1.82, 2.24) is 4.90 Å². The van der Waals surface area contributed by atoms with Gasteiger partial charge in [-0.2, -0.15) is 0 Å². The van der Waals surface area contributed by atoms with Crippen LogP contribution in [0.1, 0.15) is 131 Å². The van der Waals surface area contributed by atoms with Crippen LogP contribution in [0.4, 0.5) is 0 Å². The second-order valence-electron chi connectivity index (χ2n) is 22.9. The molecule has 2 bridgehead atoms. The number of allylic oxidation sites excluding steroid dienone is 6. The van der Waals surface area contributed by atoms with Crippen molar-refractivity contribution in [1.29, 1.82) is 0 Å². The van der Waals surface area contributed by atoms with Crippen LogP contribution in [0.5, 0.6) is 5.75 Å². The molecule has 5 rings (SSSR count). The third-order valence-corrected chi connectivity index (χ3v) is 18.1. The first kappa shape index (κ1) is 65.0. The summed E-state index contributed by atoms with van der Waals surface area (Å²) in [6, 6.07) is 4.47. The molecule has 18 heteroatoms. The molecule has 3 aliphatic heterocycles. The van der Waals surface area contributed by atoms with Crippen molar-refractivity contribution in [3.63, 3.8) is 0 Å². The number of esters is 2. The number of hydrogen-bond donors (Lipinski definition) is 3. The van der Waals surface area contributed by atoms with Crippen LogP contribution in [0.25, 0.3) is 0 Å². The highest BCUT2D eigenvalue weighted by Gasteiger charge is 2.53. The second kappa shape index (κ2) is 29.8. The van der Waals surface area contributed by atoms with Gasteiger partial charge in [-0.05, 0) is 136 Å². The fourth-order valence-corrected chi connectivity index (χ4v) is 12.9. The van der Waals surface area contributed by atoms with E-state index in [1.165, 1.54) is 43.4 Å². The number of piperidine rings is 1. The van der Waals surface area contributed by atoms with Crippen molar-refractivity contribution < 1.29 is 76.1 Å². The molecule has 0 aromatic heterocycles. The zero-order valence-electron chi connectivity index (χ0n) is 48.2. The van der Waals surface area contributed by atoms with Crippen molar-refractivity contribution in [2.75, 3.05) is 33.6 Å². The Morgan fingerprint density at radius 2 is 1.58 bits per heavy atom. The zero-order chi connectivity index (χ0) is 58.4. The molecule has 3 N–H and O–H groups in total. The Morgan fingerprint density at radius 3 is 2.25 bits per heavy atom. The molecule has 0 radical (unpaired) electrons. The van der Waals surface area contributed by atoms with Gasteiger partial charge < -0.3 is 48.6 Å². The van der Waals surface area contributed by atoms with Gasteiger partial charge in [0.05, 0.1) is 24.1 Å². The van der Waals surface area contributed by atoms with Gasteiger partial charge in [0.2, 0.25) is 5.79 Å². The van der Waals surface area contributed by atoms with Crippen LogP contribution in [0.15, 0.2) is 84.0 Å². The molecule has 79 heavy (non-hydrogen) atoms. The van der Waals surface area contributed by atoms with Gasteiger partial charge in [-0.3, -0.25) is 19.2 Å². The van der Waals surface area contributed by atoms with E-state index in [9.17, 15) is 47.7 Å². The lowest BCUT2D eigenvalue weighted by molar-refractivity contribution is -0.265.